The monoisotopic (exact) mass is 328 g/mol. The van der Waals surface area contributed by atoms with E-state index in [2.05, 4.69) is 32.4 Å². The van der Waals surface area contributed by atoms with Crippen LogP contribution in [0.15, 0.2) is 16.6 Å². The molecular weight excluding hydrogens is 316 g/mol. The molecule has 0 radical (unpaired) electrons. The van der Waals surface area contributed by atoms with Crippen LogP contribution >= 0.6 is 27.5 Å². The van der Waals surface area contributed by atoms with Crippen molar-refractivity contribution < 1.29 is 4.74 Å². The standard InChI is InChI=1S/C13H14BrClN2O/c1-16-3-4-17-10-6-9(15)12(18-2)5-8(10)13(14)11(17)7-16/h5-6H,3-4,7H2,1-2H3. The number of hydrogen-bond donors (Lipinski definition) is 0. The van der Waals surface area contributed by atoms with Crippen LogP contribution < -0.4 is 4.74 Å². The van der Waals surface area contributed by atoms with Crippen LogP contribution in [0.25, 0.3) is 10.9 Å². The third-order valence-corrected chi connectivity index (χ3v) is 4.68. The lowest BCUT2D eigenvalue weighted by Crippen LogP contribution is -2.30. The van der Waals surface area contributed by atoms with E-state index in [9.17, 15) is 0 Å². The average Bonchev–Trinajstić information content (AvgIpc) is 2.61. The topological polar surface area (TPSA) is 17.4 Å². The molecule has 0 atom stereocenters. The van der Waals surface area contributed by atoms with E-state index in [4.69, 9.17) is 16.3 Å². The number of rotatable bonds is 1. The zero-order valence-corrected chi connectivity index (χ0v) is 12.7. The van der Waals surface area contributed by atoms with E-state index >= 15 is 0 Å². The summed E-state index contributed by atoms with van der Waals surface area (Å²) in [6.07, 6.45) is 0. The van der Waals surface area contributed by atoms with Gasteiger partial charge < -0.3 is 9.30 Å². The molecule has 0 saturated heterocycles. The number of ether oxygens (including phenoxy) is 1. The smallest absolute Gasteiger partial charge is 0.138 e. The minimum absolute atomic E-state index is 0.664. The first-order chi connectivity index (χ1) is 8.61. The van der Waals surface area contributed by atoms with E-state index < -0.39 is 0 Å². The van der Waals surface area contributed by atoms with Gasteiger partial charge in [-0.3, -0.25) is 4.90 Å². The van der Waals surface area contributed by atoms with Crippen molar-refractivity contribution >= 4 is 38.4 Å². The number of methoxy groups -OCH3 is 1. The molecule has 0 unspecified atom stereocenters. The lowest BCUT2D eigenvalue weighted by Gasteiger charge is -2.25. The molecule has 3 nitrogen and oxygen atoms in total. The van der Waals surface area contributed by atoms with Crippen LogP contribution in [0.4, 0.5) is 0 Å². The van der Waals surface area contributed by atoms with Gasteiger partial charge in [-0.2, -0.15) is 0 Å². The Morgan fingerprint density at radius 3 is 2.83 bits per heavy atom. The molecule has 96 valence electrons. The molecule has 0 aliphatic carbocycles. The Labute approximate surface area is 119 Å². The minimum Gasteiger partial charge on any atom is -0.495 e. The van der Waals surface area contributed by atoms with Crippen molar-refractivity contribution in [1.82, 2.24) is 9.47 Å². The zero-order valence-electron chi connectivity index (χ0n) is 10.3. The highest BCUT2D eigenvalue weighted by Crippen LogP contribution is 2.38. The third-order valence-electron chi connectivity index (χ3n) is 3.50. The number of aromatic nitrogens is 1. The Hall–Kier alpha value is -0.710. The minimum atomic E-state index is 0.664. The molecule has 0 bridgehead atoms. The predicted octanol–water partition coefficient (Wildman–Crippen LogP) is 3.51. The summed E-state index contributed by atoms with van der Waals surface area (Å²) in [6.45, 7) is 3.01. The highest BCUT2D eigenvalue weighted by molar-refractivity contribution is 9.10. The number of hydrogen-bond acceptors (Lipinski definition) is 2. The van der Waals surface area contributed by atoms with Crippen LogP contribution in [0.5, 0.6) is 5.75 Å². The Bertz CT molecular complexity index is 623. The van der Waals surface area contributed by atoms with E-state index in [1.54, 1.807) is 7.11 Å². The van der Waals surface area contributed by atoms with Crippen LogP contribution in [0.2, 0.25) is 5.02 Å². The molecule has 0 N–H and O–H groups in total. The Morgan fingerprint density at radius 1 is 1.33 bits per heavy atom. The molecule has 1 aromatic carbocycles. The SMILES string of the molecule is COc1cc2c(Br)c3n(c2cc1Cl)CCN(C)C3. The van der Waals surface area contributed by atoms with Gasteiger partial charge in [-0.25, -0.2) is 0 Å². The molecule has 1 aliphatic rings. The first-order valence-corrected chi connectivity index (χ1v) is 7.01. The van der Waals surface area contributed by atoms with Gasteiger partial charge >= 0.3 is 0 Å². The maximum atomic E-state index is 6.22. The predicted molar refractivity (Wildman–Crippen MR) is 77.5 cm³/mol. The lowest BCUT2D eigenvalue weighted by molar-refractivity contribution is 0.272. The fourth-order valence-corrected chi connectivity index (χ4v) is 3.43. The van der Waals surface area contributed by atoms with Gasteiger partial charge in [-0.05, 0) is 35.1 Å². The maximum Gasteiger partial charge on any atom is 0.138 e. The van der Waals surface area contributed by atoms with E-state index in [1.807, 2.05) is 12.1 Å². The molecule has 18 heavy (non-hydrogen) atoms. The van der Waals surface area contributed by atoms with Crippen molar-refractivity contribution in [3.8, 4) is 5.75 Å². The van der Waals surface area contributed by atoms with Gasteiger partial charge in [0.25, 0.3) is 0 Å². The van der Waals surface area contributed by atoms with Crippen molar-refractivity contribution in [2.45, 2.75) is 13.1 Å². The Kier molecular flexibility index (Phi) is 3.04. The summed E-state index contributed by atoms with van der Waals surface area (Å²) >= 11 is 9.93. The molecule has 1 aromatic heterocycles. The van der Waals surface area contributed by atoms with Crippen molar-refractivity contribution in [3.05, 3.63) is 27.3 Å². The molecule has 0 spiro atoms. The number of likely N-dealkylation sites (N-methyl/N-ethyl adjacent to an activating group) is 1. The molecule has 2 heterocycles. The van der Waals surface area contributed by atoms with Crippen molar-refractivity contribution in [2.75, 3.05) is 20.7 Å². The van der Waals surface area contributed by atoms with Crippen LogP contribution in [-0.4, -0.2) is 30.2 Å². The first kappa shape index (κ1) is 12.3. The van der Waals surface area contributed by atoms with Gasteiger partial charge in [0.15, 0.2) is 0 Å². The van der Waals surface area contributed by atoms with Crippen molar-refractivity contribution in [3.63, 3.8) is 0 Å². The lowest BCUT2D eigenvalue weighted by atomic mass is 10.2. The van der Waals surface area contributed by atoms with Gasteiger partial charge in [0.05, 0.1) is 17.6 Å². The average molecular weight is 330 g/mol. The van der Waals surface area contributed by atoms with Gasteiger partial charge in [-0.15, -0.1) is 0 Å². The summed E-state index contributed by atoms with van der Waals surface area (Å²) < 4.78 is 8.78. The molecule has 2 aromatic rings. The quantitative estimate of drug-likeness (QED) is 0.796. The summed E-state index contributed by atoms with van der Waals surface area (Å²) in [4.78, 5) is 2.32. The molecule has 3 rings (SSSR count). The largest absolute Gasteiger partial charge is 0.495 e. The normalized spacial score (nSPS) is 16.0. The van der Waals surface area contributed by atoms with E-state index in [0.29, 0.717) is 5.02 Å². The van der Waals surface area contributed by atoms with Gasteiger partial charge in [-0.1, -0.05) is 11.6 Å². The summed E-state index contributed by atoms with van der Waals surface area (Å²) in [7, 11) is 3.78. The summed E-state index contributed by atoms with van der Waals surface area (Å²) in [6, 6.07) is 4.00. The van der Waals surface area contributed by atoms with E-state index in [1.165, 1.54) is 16.6 Å². The zero-order chi connectivity index (χ0) is 12.9. The van der Waals surface area contributed by atoms with Gasteiger partial charge in [0.2, 0.25) is 0 Å². The Balaban J connectivity index is 2.29. The highest BCUT2D eigenvalue weighted by atomic mass is 79.9. The summed E-state index contributed by atoms with van der Waals surface area (Å²) in [5.74, 6) is 0.723. The van der Waals surface area contributed by atoms with Crippen molar-refractivity contribution in [2.24, 2.45) is 0 Å². The second kappa shape index (κ2) is 4.44. The molecule has 0 amide bonds. The van der Waals surface area contributed by atoms with E-state index in [-0.39, 0.29) is 0 Å². The Morgan fingerprint density at radius 2 is 2.11 bits per heavy atom. The van der Waals surface area contributed by atoms with Crippen LogP contribution in [-0.2, 0) is 13.1 Å². The van der Waals surface area contributed by atoms with Crippen LogP contribution in [0.3, 0.4) is 0 Å². The van der Waals surface area contributed by atoms with Gasteiger partial charge in [0, 0.05) is 35.2 Å². The molecule has 0 fully saturated rings. The summed E-state index contributed by atoms with van der Waals surface area (Å²) in [5.41, 5.74) is 2.49. The van der Waals surface area contributed by atoms with Crippen LogP contribution in [0, 0.1) is 0 Å². The number of benzene rings is 1. The fraction of sp³-hybridized carbons (Fsp3) is 0.385. The third kappa shape index (κ3) is 1.75. The second-order valence-electron chi connectivity index (χ2n) is 4.65. The van der Waals surface area contributed by atoms with E-state index in [0.717, 1.165) is 29.9 Å². The highest BCUT2D eigenvalue weighted by Gasteiger charge is 2.21. The molecule has 1 aliphatic heterocycles. The maximum absolute atomic E-state index is 6.22. The fourth-order valence-electron chi connectivity index (χ4n) is 2.53. The first-order valence-electron chi connectivity index (χ1n) is 5.84. The van der Waals surface area contributed by atoms with Crippen molar-refractivity contribution in [1.29, 1.82) is 0 Å². The molecular formula is C13H14BrClN2O. The number of halogens is 2. The summed E-state index contributed by atoms with van der Waals surface area (Å²) in [5, 5.41) is 1.83. The van der Waals surface area contributed by atoms with Crippen LogP contribution in [0.1, 0.15) is 5.69 Å². The molecule has 0 saturated carbocycles. The molecule has 5 heteroatoms. The second-order valence-corrected chi connectivity index (χ2v) is 5.85. The number of nitrogens with zero attached hydrogens (tertiary/aromatic N) is 2. The number of fused-ring (bicyclic) bond motifs is 3. The van der Waals surface area contributed by atoms with Gasteiger partial charge in [0.1, 0.15) is 5.75 Å².